The van der Waals surface area contributed by atoms with Gasteiger partial charge in [0.15, 0.2) is 11.4 Å². The largest absolute Gasteiger partial charge is 0.491 e. The lowest BCUT2D eigenvalue weighted by atomic mass is 9.84. The first kappa shape index (κ1) is 14.8. The first-order valence-electron chi connectivity index (χ1n) is 6.72. The quantitative estimate of drug-likeness (QED) is 0.708. The molecular weight excluding hydrogens is 387 g/mol. The monoisotopic (exact) mass is 404 g/mol. The van der Waals surface area contributed by atoms with Crippen molar-refractivity contribution < 1.29 is 14.6 Å². The lowest BCUT2D eigenvalue weighted by Gasteiger charge is -2.42. The number of aromatic nitrogens is 1. The van der Waals surface area contributed by atoms with E-state index in [-0.39, 0.29) is 28.7 Å². The summed E-state index contributed by atoms with van der Waals surface area (Å²) in [5.41, 5.74) is -0.00268. The number of carbonyl (C=O) groups is 1. The van der Waals surface area contributed by atoms with Crippen LogP contribution in [0.25, 0.3) is 0 Å². The van der Waals surface area contributed by atoms with Gasteiger partial charge in [-0.1, -0.05) is 6.92 Å². The van der Waals surface area contributed by atoms with Crippen LogP contribution in [0.3, 0.4) is 0 Å². The molecule has 0 spiro atoms. The zero-order chi connectivity index (χ0) is 15.7. The van der Waals surface area contributed by atoms with E-state index in [1.165, 1.54) is 7.11 Å². The van der Waals surface area contributed by atoms with Crippen molar-refractivity contribution in [1.82, 2.24) is 9.47 Å². The summed E-state index contributed by atoms with van der Waals surface area (Å²) < 4.78 is 7.47. The van der Waals surface area contributed by atoms with E-state index in [2.05, 4.69) is 0 Å². The molecule has 0 aliphatic carbocycles. The molecule has 1 amide bonds. The fourth-order valence-electron chi connectivity index (χ4n) is 3.55. The van der Waals surface area contributed by atoms with Crippen LogP contribution in [0.1, 0.15) is 36.1 Å². The van der Waals surface area contributed by atoms with Gasteiger partial charge in [0.25, 0.3) is 5.91 Å². The number of nitrogens with zero attached hydrogens (tertiary/aromatic N) is 2. The maximum Gasteiger partial charge on any atom is 0.274 e. The highest BCUT2D eigenvalue weighted by Crippen LogP contribution is 2.49. The van der Waals surface area contributed by atoms with Crippen LogP contribution in [0.15, 0.2) is 4.79 Å². The van der Waals surface area contributed by atoms with Crippen LogP contribution in [0.5, 0.6) is 5.75 Å². The van der Waals surface area contributed by atoms with E-state index >= 15 is 0 Å². The number of rotatable bonds is 1. The zero-order valence-electron chi connectivity index (χ0n) is 12.3. The van der Waals surface area contributed by atoms with Gasteiger partial charge in [-0.15, -0.1) is 0 Å². The van der Waals surface area contributed by atoms with E-state index in [4.69, 9.17) is 4.74 Å². The van der Waals surface area contributed by atoms with Gasteiger partial charge in [0, 0.05) is 19.5 Å². The fraction of sp³-hybridized carbons (Fsp3) is 0.571. The molecule has 6 nitrogen and oxygen atoms in total. The van der Waals surface area contributed by atoms with E-state index in [1.807, 2.05) is 41.0 Å². The summed E-state index contributed by atoms with van der Waals surface area (Å²) >= 11 is 1.93. The summed E-state index contributed by atoms with van der Waals surface area (Å²) in [5.74, 6) is -0.292. The Morgan fingerprint density at radius 3 is 2.62 bits per heavy atom. The van der Waals surface area contributed by atoms with Gasteiger partial charge in [-0.25, -0.2) is 0 Å². The normalized spacial score (nSPS) is 30.6. The topological polar surface area (TPSA) is 71.8 Å². The second-order valence-electron chi connectivity index (χ2n) is 6.00. The Kier molecular flexibility index (Phi) is 3.14. The molecule has 0 bridgehead atoms. The Morgan fingerprint density at radius 2 is 2.05 bits per heavy atom. The van der Waals surface area contributed by atoms with Crippen molar-refractivity contribution in [2.24, 2.45) is 5.92 Å². The number of ether oxygens (including phenoxy) is 1. The van der Waals surface area contributed by atoms with Gasteiger partial charge in [0.1, 0.15) is 6.10 Å². The third kappa shape index (κ3) is 1.61. The highest BCUT2D eigenvalue weighted by molar-refractivity contribution is 14.1. The number of aliphatic hydroxyl groups excluding tert-OH is 1. The first-order chi connectivity index (χ1) is 9.75. The molecule has 3 heterocycles. The molecule has 114 valence electrons. The number of likely N-dealkylation sites (N-methyl/N-ethyl adjacent to an activating group) is 1. The van der Waals surface area contributed by atoms with Gasteiger partial charge in [-0.2, -0.15) is 0 Å². The number of aliphatic hydroxyl groups is 1. The van der Waals surface area contributed by atoms with Crippen molar-refractivity contribution in [2.75, 3.05) is 20.7 Å². The zero-order valence-corrected chi connectivity index (χ0v) is 14.5. The number of carbonyl (C=O) groups excluding carboxylic acids is 1. The predicted octanol–water partition coefficient (Wildman–Crippen LogP) is 0.945. The minimum Gasteiger partial charge on any atom is -0.491 e. The smallest absolute Gasteiger partial charge is 0.274 e. The number of halogens is 1. The van der Waals surface area contributed by atoms with Gasteiger partial charge < -0.3 is 19.3 Å². The van der Waals surface area contributed by atoms with Crippen molar-refractivity contribution in [3.63, 3.8) is 0 Å². The molecule has 0 fully saturated rings. The molecule has 2 aliphatic heterocycles. The van der Waals surface area contributed by atoms with Crippen molar-refractivity contribution in [3.8, 4) is 5.75 Å². The molecule has 1 aromatic heterocycles. The molecule has 3 unspecified atom stereocenters. The van der Waals surface area contributed by atoms with Crippen LogP contribution in [0.2, 0.25) is 0 Å². The molecule has 0 saturated heterocycles. The summed E-state index contributed by atoms with van der Waals surface area (Å²) in [6.45, 7) is 4.44. The van der Waals surface area contributed by atoms with Crippen LogP contribution in [-0.4, -0.2) is 41.2 Å². The van der Waals surface area contributed by atoms with E-state index in [0.29, 0.717) is 15.8 Å². The second-order valence-corrected chi connectivity index (χ2v) is 7.08. The van der Waals surface area contributed by atoms with Gasteiger partial charge >= 0.3 is 0 Å². The Hall–Kier alpha value is -1.09. The van der Waals surface area contributed by atoms with Crippen molar-refractivity contribution >= 4 is 28.5 Å². The third-order valence-electron chi connectivity index (χ3n) is 4.87. The molecule has 1 aromatic rings. The Labute approximate surface area is 135 Å². The first-order valence-corrected chi connectivity index (χ1v) is 7.80. The Bertz CT molecular complexity index is 714. The highest BCUT2D eigenvalue weighted by atomic mass is 127. The van der Waals surface area contributed by atoms with Gasteiger partial charge in [-0.3, -0.25) is 9.59 Å². The van der Waals surface area contributed by atoms with E-state index in [9.17, 15) is 14.7 Å². The molecule has 0 saturated carbocycles. The van der Waals surface area contributed by atoms with Gasteiger partial charge in [-0.05, 0) is 29.5 Å². The highest BCUT2D eigenvalue weighted by Gasteiger charge is 2.53. The minimum absolute atomic E-state index is 0.0622. The predicted molar refractivity (Wildman–Crippen MR) is 84.7 cm³/mol. The number of hydrogen-bond donors (Lipinski definition) is 1. The maximum atomic E-state index is 12.5. The minimum atomic E-state index is -0.765. The molecule has 0 radical (unpaired) electrons. The van der Waals surface area contributed by atoms with Gasteiger partial charge in [0.2, 0.25) is 5.43 Å². The molecular formula is C14H17IN2O4. The summed E-state index contributed by atoms with van der Waals surface area (Å²) in [5, 5.41) is 10.6. The standard InChI is InChI=1S/C14H17IN2O4/c1-6-10(18)8-7(15)11(19)12(21-4)9-13(20)16(3)5-14(6,2)17(8)9/h6,10,18H,5H2,1-4H3. The summed E-state index contributed by atoms with van der Waals surface area (Å²) in [6.07, 6.45) is -0.765. The van der Waals surface area contributed by atoms with E-state index in [0.717, 1.165) is 0 Å². The summed E-state index contributed by atoms with van der Waals surface area (Å²) in [4.78, 5) is 26.6. The number of amides is 1. The van der Waals surface area contributed by atoms with Gasteiger partial charge in [0.05, 0.1) is 21.9 Å². The number of methoxy groups -OCH3 is 1. The van der Waals surface area contributed by atoms with Crippen molar-refractivity contribution in [1.29, 1.82) is 0 Å². The molecule has 7 heteroatoms. The fourth-order valence-corrected chi connectivity index (χ4v) is 4.35. The summed E-state index contributed by atoms with van der Waals surface area (Å²) in [7, 11) is 3.10. The SMILES string of the molecule is COc1c2n3c(c(I)c1=O)C(O)C(C)C3(C)CN(C)C2=O. The molecule has 21 heavy (non-hydrogen) atoms. The van der Waals surface area contributed by atoms with Crippen molar-refractivity contribution in [3.05, 3.63) is 25.2 Å². The maximum absolute atomic E-state index is 12.5. The molecule has 3 atom stereocenters. The second kappa shape index (κ2) is 4.45. The molecule has 2 aliphatic rings. The molecule has 3 rings (SSSR count). The Balaban J connectivity index is 2.51. The summed E-state index contributed by atoms with van der Waals surface area (Å²) in [6, 6.07) is 0. The van der Waals surface area contributed by atoms with E-state index in [1.54, 1.807) is 11.9 Å². The van der Waals surface area contributed by atoms with Crippen molar-refractivity contribution in [2.45, 2.75) is 25.5 Å². The van der Waals surface area contributed by atoms with Crippen LogP contribution >= 0.6 is 22.6 Å². The van der Waals surface area contributed by atoms with Crippen LogP contribution in [-0.2, 0) is 5.54 Å². The van der Waals surface area contributed by atoms with Crippen LogP contribution < -0.4 is 10.2 Å². The number of pyridine rings is 1. The lowest BCUT2D eigenvalue weighted by Crippen LogP contribution is -2.53. The molecule has 0 aromatic carbocycles. The number of hydrogen-bond acceptors (Lipinski definition) is 4. The average molecular weight is 404 g/mol. The Morgan fingerprint density at radius 1 is 1.43 bits per heavy atom. The third-order valence-corrected chi connectivity index (χ3v) is 5.91. The lowest BCUT2D eigenvalue weighted by molar-refractivity contribution is 0.0422. The van der Waals surface area contributed by atoms with Crippen LogP contribution in [0, 0.1) is 9.49 Å². The molecule has 1 N–H and O–H groups in total. The van der Waals surface area contributed by atoms with Crippen LogP contribution in [0.4, 0.5) is 0 Å². The van der Waals surface area contributed by atoms with E-state index < -0.39 is 11.6 Å². The average Bonchev–Trinajstić information content (AvgIpc) is 2.63.